The van der Waals surface area contributed by atoms with Crippen LogP contribution in [0.2, 0.25) is 0 Å². The molecular weight excluding hydrogens is 289 g/mol. The SMILES string of the molecule is Cc1noc(C)c1CNc1ncc(Br)cc1F. The Morgan fingerprint density at radius 2 is 2.24 bits per heavy atom. The van der Waals surface area contributed by atoms with Gasteiger partial charge in [0, 0.05) is 22.8 Å². The quantitative estimate of drug-likeness (QED) is 0.945. The Labute approximate surface area is 106 Å². The summed E-state index contributed by atoms with van der Waals surface area (Å²) in [5.41, 5.74) is 1.72. The van der Waals surface area contributed by atoms with E-state index in [2.05, 4.69) is 31.4 Å². The molecule has 4 nitrogen and oxygen atoms in total. The van der Waals surface area contributed by atoms with Gasteiger partial charge >= 0.3 is 0 Å². The molecule has 0 aromatic carbocycles. The Bertz CT molecular complexity index is 522. The van der Waals surface area contributed by atoms with Crippen LogP contribution in [-0.2, 0) is 6.54 Å². The van der Waals surface area contributed by atoms with Crippen molar-refractivity contribution in [3.05, 3.63) is 39.6 Å². The lowest BCUT2D eigenvalue weighted by Crippen LogP contribution is -2.04. The third-order valence-electron chi connectivity index (χ3n) is 2.42. The third-order valence-corrected chi connectivity index (χ3v) is 2.86. The molecule has 0 bridgehead atoms. The second-order valence-electron chi connectivity index (χ2n) is 3.64. The Balaban J connectivity index is 2.13. The van der Waals surface area contributed by atoms with Crippen LogP contribution in [0, 0.1) is 19.7 Å². The molecule has 0 aliphatic carbocycles. The van der Waals surface area contributed by atoms with Gasteiger partial charge in [0.05, 0.1) is 5.69 Å². The van der Waals surface area contributed by atoms with E-state index in [0.29, 0.717) is 11.0 Å². The number of aryl methyl sites for hydroxylation is 2. The molecular formula is C11H11BrFN3O. The zero-order valence-corrected chi connectivity index (χ0v) is 11.0. The Hall–Kier alpha value is -1.43. The van der Waals surface area contributed by atoms with E-state index in [-0.39, 0.29) is 5.82 Å². The summed E-state index contributed by atoms with van der Waals surface area (Å²) < 4.78 is 19.1. The number of nitrogens with one attached hydrogen (secondary N) is 1. The van der Waals surface area contributed by atoms with Crippen molar-refractivity contribution < 1.29 is 8.91 Å². The van der Waals surface area contributed by atoms with Gasteiger partial charge in [0.15, 0.2) is 11.6 Å². The number of pyridine rings is 1. The lowest BCUT2D eigenvalue weighted by molar-refractivity contribution is 0.392. The minimum Gasteiger partial charge on any atom is -0.363 e. The molecule has 0 fully saturated rings. The molecule has 17 heavy (non-hydrogen) atoms. The van der Waals surface area contributed by atoms with Crippen LogP contribution >= 0.6 is 15.9 Å². The molecule has 0 amide bonds. The number of rotatable bonds is 3. The van der Waals surface area contributed by atoms with Crippen molar-refractivity contribution in [3.8, 4) is 0 Å². The molecule has 0 atom stereocenters. The summed E-state index contributed by atoms with van der Waals surface area (Å²) in [6.45, 7) is 4.11. The van der Waals surface area contributed by atoms with Gasteiger partial charge in [0.1, 0.15) is 5.76 Å². The van der Waals surface area contributed by atoms with Crippen LogP contribution in [0.3, 0.4) is 0 Å². The Kier molecular flexibility index (Phi) is 3.42. The second kappa shape index (κ2) is 4.83. The molecule has 0 radical (unpaired) electrons. The molecule has 0 saturated carbocycles. The average Bonchev–Trinajstić information content (AvgIpc) is 2.58. The molecule has 2 aromatic rings. The first kappa shape index (κ1) is 12.0. The zero-order valence-electron chi connectivity index (χ0n) is 9.42. The van der Waals surface area contributed by atoms with E-state index in [1.807, 2.05) is 13.8 Å². The lowest BCUT2D eigenvalue weighted by Gasteiger charge is -2.06. The molecule has 2 heterocycles. The number of halogens is 2. The molecule has 1 N–H and O–H groups in total. The van der Waals surface area contributed by atoms with Crippen molar-refractivity contribution in [1.82, 2.24) is 10.1 Å². The average molecular weight is 300 g/mol. The van der Waals surface area contributed by atoms with Gasteiger partial charge in [0.2, 0.25) is 0 Å². The predicted octanol–water partition coefficient (Wildman–Crippen LogP) is 3.20. The van der Waals surface area contributed by atoms with Gasteiger partial charge < -0.3 is 9.84 Å². The van der Waals surface area contributed by atoms with E-state index in [4.69, 9.17) is 4.52 Å². The van der Waals surface area contributed by atoms with E-state index < -0.39 is 5.82 Å². The van der Waals surface area contributed by atoms with Crippen LogP contribution in [-0.4, -0.2) is 10.1 Å². The van der Waals surface area contributed by atoms with Crippen LogP contribution < -0.4 is 5.32 Å². The fourth-order valence-electron chi connectivity index (χ4n) is 1.47. The highest BCUT2D eigenvalue weighted by molar-refractivity contribution is 9.10. The van der Waals surface area contributed by atoms with E-state index in [9.17, 15) is 4.39 Å². The topological polar surface area (TPSA) is 51.0 Å². The summed E-state index contributed by atoms with van der Waals surface area (Å²) in [4.78, 5) is 3.95. The number of hydrogen-bond donors (Lipinski definition) is 1. The minimum absolute atomic E-state index is 0.216. The Morgan fingerprint density at radius 3 is 2.82 bits per heavy atom. The maximum Gasteiger partial charge on any atom is 0.166 e. The summed E-state index contributed by atoms with van der Waals surface area (Å²) in [5, 5.41) is 6.75. The standard InChI is InChI=1S/C11H11BrFN3O/c1-6-9(7(2)17-16-6)5-15-11-10(13)3-8(12)4-14-11/h3-4H,5H2,1-2H3,(H,14,15). The van der Waals surface area contributed by atoms with E-state index >= 15 is 0 Å². The molecule has 0 aliphatic rings. The van der Waals surface area contributed by atoms with Crippen molar-refractivity contribution in [3.63, 3.8) is 0 Å². The summed E-state index contributed by atoms with van der Waals surface area (Å²) in [5.74, 6) is 0.548. The first-order chi connectivity index (χ1) is 8.08. The zero-order chi connectivity index (χ0) is 12.4. The fraction of sp³-hybridized carbons (Fsp3) is 0.273. The molecule has 90 valence electrons. The minimum atomic E-state index is -0.397. The molecule has 0 saturated heterocycles. The summed E-state index contributed by atoms with van der Waals surface area (Å²) in [7, 11) is 0. The third kappa shape index (κ3) is 2.63. The van der Waals surface area contributed by atoms with Gasteiger partial charge in [-0.1, -0.05) is 5.16 Å². The van der Waals surface area contributed by atoms with Gasteiger partial charge in [-0.3, -0.25) is 0 Å². The van der Waals surface area contributed by atoms with Gasteiger partial charge in [-0.2, -0.15) is 0 Å². The van der Waals surface area contributed by atoms with Crippen LogP contribution in [0.25, 0.3) is 0 Å². The van der Waals surface area contributed by atoms with Gasteiger partial charge in [0.25, 0.3) is 0 Å². The monoisotopic (exact) mass is 299 g/mol. The normalized spacial score (nSPS) is 10.6. The van der Waals surface area contributed by atoms with Crippen LogP contribution in [0.4, 0.5) is 10.2 Å². The highest BCUT2D eigenvalue weighted by Crippen LogP contribution is 2.18. The first-order valence-electron chi connectivity index (χ1n) is 5.04. The molecule has 2 aromatic heterocycles. The van der Waals surface area contributed by atoms with Crippen molar-refractivity contribution in [1.29, 1.82) is 0 Å². The van der Waals surface area contributed by atoms with Crippen molar-refractivity contribution >= 4 is 21.7 Å². The molecule has 2 rings (SSSR count). The van der Waals surface area contributed by atoms with Gasteiger partial charge in [-0.15, -0.1) is 0 Å². The van der Waals surface area contributed by atoms with Crippen molar-refractivity contribution in [2.45, 2.75) is 20.4 Å². The number of hydrogen-bond acceptors (Lipinski definition) is 4. The highest BCUT2D eigenvalue weighted by atomic mass is 79.9. The molecule has 0 spiro atoms. The van der Waals surface area contributed by atoms with Gasteiger partial charge in [-0.25, -0.2) is 9.37 Å². The molecule has 0 unspecified atom stereocenters. The first-order valence-corrected chi connectivity index (χ1v) is 5.84. The Morgan fingerprint density at radius 1 is 1.47 bits per heavy atom. The number of nitrogens with zero attached hydrogens (tertiary/aromatic N) is 2. The van der Waals surface area contributed by atoms with Crippen molar-refractivity contribution in [2.24, 2.45) is 0 Å². The maximum absolute atomic E-state index is 13.5. The molecule has 6 heteroatoms. The number of anilines is 1. The van der Waals surface area contributed by atoms with E-state index in [1.54, 1.807) is 6.20 Å². The summed E-state index contributed by atoms with van der Waals surface area (Å²) in [6, 6.07) is 1.36. The van der Waals surface area contributed by atoms with Gasteiger partial charge in [-0.05, 0) is 35.8 Å². The molecule has 0 aliphatic heterocycles. The summed E-state index contributed by atoms with van der Waals surface area (Å²) >= 11 is 3.15. The second-order valence-corrected chi connectivity index (χ2v) is 4.56. The van der Waals surface area contributed by atoms with Crippen molar-refractivity contribution in [2.75, 3.05) is 5.32 Å². The maximum atomic E-state index is 13.5. The number of aromatic nitrogens is 2. The highest BCUT2D eigenvalue weighted by Gasteiger charge is 2.10. The largest absolute Gasteiger partial charge is 0.363 e. The van der Waals surface area contributed by atoms with E-state index in [1.165, 1.54) is 6.07 Å². The summed E-state index contributed by atoms with van der Waals surface area (Å²) in [6.07, 6.45) is 1.54. The van der Waals surface area contributed by atoms with Crippen LogP contribution in [0.15, 0.2) is 21.3 Å². The van der Waals surface area contributed by atoms with Crippen LogP contribution in [0.1, 0.15) is 17.0 Å². The lowest BCUT2D eigenvalue weighted by atomic mass is 10.2. The predicted molar refractivity (Wildman–Crippen MR) is 65.2 cm³/mol. The fourth-order valence-corrected chi connectivity index (χ4v) is 1.77. The smallest absolute Gasteiger partial charge is 0.166 e. The van der Waals surface area contributed by atoms with E-state index in [0.717, 1.165) is 17.0 Å². The van der Waals surface area contributed by atoms with Crippen LogP contribution in [0.5, 0.6) is 0 Å².